The molecule has 1 unspecified atom stereocenters. The van der Waals surface area contributed by atoms with Crippen molar-refractivity contribution in [2.24, 2.45) is 0 Å². The molecule has 0 aliphatic carbocycles. The number of hydrogen-bond acceptors (Lipinski definition) is 3. The van der Waals surface area contributed by atoms with Crippen LogP contribution >= 0.6 is 59.1 Å². The van der Waals surface area contributed by atoms with Gasteiger partial charge in [-0.15, -0.1) is 11.3 Å². The van der Waals surface area contributed by atoms with Crippen LogP contribution in [0.2, 0.25) is 0 Å². The quantitative estimate of drug-likeness (QED) is 0.651. The zero-order valence-corrected chi connectivity index (χ0v) is 15.9. The molecule has 0 saturated heterocycles. The molecule has 19 heavy (non-hydrogen) atoms. The molecular formula is C13H12Br3NOS. The summed E-state index contributed by atoms with van der Waals surface area (Å²) in [7, 11) is 3.64. The van der Waals surface area contributed by atoms with E-state index in [1.54, 1.807) is 18.4 Å². The Morgan fingerprint density at radius 1 is 1.21 bits per heavy atom. The number of nitrogens with one attached hydrogen (secondary N) is 1. The summed E-state index contributed by atoms with van der Waals surface area (Å²) in [6, 6.07) is 8.32. The summed E-state index contributed by atoms with van der Waals surface area (Å²) >= 11 is 12.2. The molecule has 0 saturated carbocycles. The van der Waals surface area contributed by atoms with Gasteiger partial charge in [-0.05, 0) is 57.1 Å². The van der Waals surface area contributed by atoms with Crippen LogP contribution in [0.5, 0.6) is 5.75 Å². The third-order valence-electron chi connectivity index (χ3n) is 2.74. The van der Waals surface area contributed by atoms with E-state index in [9.17, 15) is 0 Å². The SMILES string of the molecule is CNC(c1cc(Br)c(Br)s1)c1ccc(Br)cc1OC. The molecule has 2 nitrogen and oxygen atoms in total. The van der Waals surface area contributed by atoms with E-state index < -0.39 is 0 Å². The van der Waals surface area contributed by atoms with E-state index in [0.717, 1.165) is 24.0 Å². The summed E-state index contributed by atoms with van der Waals surface area (Å²) < 4.78 is 8.66. The lowest BCUT2D eigenvalue weighted by Gasteiger charge is -2.18. The summed E-state index contributed by atoms with van der Waals surface area (Å²) in [6.07, 6.45) is 0. The number of methoxy groups -OCH3 is 1. The van der Waals surface area contributed by atoms with Crippen LogP contribution in [0.25, 0.3) is 0 Å². The lowest BCUT2D eigenvalue weighted by molar-refractivity contribution is 0.405. The van der Waals surface area contributed by atoms with Crippen LogP contribution in [-0.2, 0) is 0 Å². The van der Waals surface area contributed by atoms with E-state index in [0.29, 0.717) is 0 Å². The molecule has 1 atom stereocenters. The minimum Gasteiger partial charge on any atom is -0.496 e. The number of thiophene rings is 1. The number of hydrogen-bond donors (Lipinski definition) is 1. The highest BCUT2D eigenvalue weighted by atomic mass is 79.9. The van der Waals surface area contributed by atoms with Crippen LogP contribution < -0.4 is 10.1 Å². The molecule has 2 aromatic rings. The minimum atomic E-state index is 0.107. The van der Waals surface area contributed by atoms with E-state index in [4.69, 9.17) is 4.74 Å². The molecule has 0 fully saturated rings. The highest BCUT2D eigenvalue weighted by Crippen LogP contribution is 2.40. The summed E-state index contributed by atoms with van der Waals surface area (Å²) in [5, 5.41) is 3.34. The molecule has 0 aliphatic heterocycles. The largest absolute Gasteiger partial charge is 0.496 e. The van der Waals surface area contributed by atoms with Gasteiger partial charge in [0.25, 0.3) is 0 Å². The van der Waals surface area contributed by atoms with E-state index in [2.05, 4.69) is 65.2 Å². The number of rotatable bonds is 4. The summed E-state index contributed by atoms with van der Waals surface area (Å²) in [4.78, 5) is 1.22. The van der Waals surface area contributed by atoms with Crippen molar-refractivity contribution in [2.45, 2.75) is 6.04 Å². The Kier molecular flexibility index (Phi) is 5.48. The summed E-state index contributed by atoms with van der Waals surface area (Å²) in [6.45, 7) is 0. The number of halogens is 3. The van der Waals surface area contributed by atoms with Gasteiger partial charge in [0.05, 0.1) is 16.9 Å². The maximum Gasteiger partial charge on any atom is 0.125 e. The Morgan fingerprint density at radius 3 is 2.47 bits per heavy atom. The first-order chi connectivity index (χ1) is 9.06. The molecule has 1 aromatic carbocycles. The second-order valence-corrected chi connectivity index (χ2v) is 8.05. The fraction of sp³-hybridized carbons (Fsp3) is 0.231. The fourth-order valence-electron chi connectivity index (χ4n) is 1.88. The predicted molar refractivity (Wildman–Crippen MR) is 91.3 cm³/mol. The monoisotopic (exact) mass is 467 g/mol. The van der Waals surface area contributed by atoms with Crippen LogP contribution in [0, 0.1) is 0 Å². The lowest BCUT2D eigenvalue weighted by Crippen LogP contribution is -2.17. The maximum atomic E-state index is 5.48. The molecule has 0 amide bonds. The third-order valence-corrected chi connectivity index (χ3v) is 6.56. The molecule has 2 rings (SSSR count). The predicted octanol–water partition coefficient (Wildman–Crippen LogP) is 5.35. The topological polar surface area (TPSA) is 21.3 Å². The lowest BCUT2D eigenvalue weighted by atomic mass is 10.0. The smallest absolute Gasteiger partial charge is 0.125 e. The third kappa shape index (κ3) is 3.42. The van der Waals surface area contributed by atoms with Crippen molar-refractivity contribution in [1.29, 1.82) is 0 Å². The average Bonchev–Trinajstić information content (AvgIpc) is 2.72. The van der Waals surface area contributed by atoms with Gasteiger partial charge in [0.2, 0.25) is 0 Å². The van der Waals surface area contributed by atoms with Gasteiger partial charge >= 0.3 is 0 Å². The van der Waals surface area contributed by atoms with Gasteiger partial charge in [-0.2, -0.15) is 0 Å². The average molecular weight is 470 g/mol. The molecule has 102 valence electrons. The fourth-order valence-corrected chi connectivity index (χ4v) is 4.44. The molecule has 1 heterocycles. The van der Waals surface area contributed by atoms with Gasteiger partial charge in [-0.3, -0.25) is 0 Å². The molecular weight excluding hydrogens is 458 g/mol. The first-order valence-electron chi connectivity index (χ1n) is 5.52. The first-order valence-corrected chi connectivity index (χ1v) is 8.71. The zero-order chi connectivity index (χ0) is 14.0. The molecule has 1 aromatic heterocycles. The van der Waals surface area contributed by atoms with E-state index in [-0.39, 0.29) is 6.04 Å². The summed E-state index contributed by atoms with van der Waals surface area (Å²) in [5.41, 5.74) is 1.12. The van der Waals surface area contributed by atoms with E-state index in [1.165, 1.54) is 4.88 Å². The number of ether oxygens (including phenoxy) is 1. The van der Waals surface area contributed by atoms with Crippen molar-refractivity contribution in [3.05, 3.63) is 47.4 Å². The molecule has 0 radical (unpaired) electrons. The van der Waals surface area contributed by atoms with Crippen LogP contribution in [0.3, 0.4) is 0 Å². The van der Waals surface area contributed by atoms with Gasteiger partial charge in [0.1, 0.15) is 5.75 Å². The number of benzene rings is 1. The molecule has 0 bridgehead atoms. The first kappa shape index (κ1) is 15.5. The normalized spacial score (nSPS) is 12.5. The van der Waals surface area contributed by atoms with Crippen molar-refractivity contribution in [3.63, 3.8) is 0 Å². The highest BCUT2D eigenvalue weighted by Gasteiger charge is 2.19. The van der Waals surface area contributed by atoms with Crippen molar-refractivity contribution >= 4 is 59.1 Å². The van der Waals surface area contributed by atoms with Gasteiger partial charge in [0.15, 0.2) is 0 Å². The van der Waals surface area contributed by atoms with Crippen molar-refractivity contribution in [1.82, 2.24) is 5.32 Å². The molecule has 1 N–H and O–H groups in total. The van der Waals surface area contributed by atoms with E-state index in [1.807, 2.05) is 19.2 Å². The highest BCUT2D eigenvalue weighted by molar-refractivity contribution is 9.13. The standard InChI is InChI=1S/C13H12Br3NOS/c1-17-12(11-6-9(15)13(16)19-11)8-4-3-7(14)5-10(8)18-2/h3-6,12,17H,1-2H3. The Hall–Kier alpha value is 0.120. The second-order valence-electron chi connectivity index (χ2n) is 3.88. The Bertz CT molecular complexity index is 566. The zero-order valence-electron chi connectivity index (χ0n) is 10.3. The molecule has 0 spiro atoms. The van der Waals surface area contributed by atoms with Crippen molar-refractivity contribution < 1.29 is 4.74 Å². The van der Waals surface area contributed by atoms with Crippen LogP contribution in [0.4, 0.5) is 0 Å². The van der Waals surface area contributed by atoms with Gasteiger partial charge in [0, 0.05) is 19.4 Å². The van der Waals surface area contributed by atoms with Crippen molar-refractivity contribution in [3.8, 4) is 5.75 Å². The molecule has 6 heteroatoms. The minimum absolute atomic E-state index is 0.107. The van der Waals surface area contributed by atoms with Crippen LogP contribution in [0.15, 0.2) is 37.0 Å². The van der Waals surface area contributed by atoms with Crippen LogP contribution in [0.1, 0.15) is 16.5 Å². The van der Waals surface area contributed by atoms with Gasteiger partial charge in [-0.25, -0.2) is 0 Å². The Morgan fingerprint density at radius 2 is 1.95 bits per heavy atom. The summed E-state index contributed by atoms with van der Waals surface area (Å²) in [5.74, 6) is 0.870. The van der Waals surface area contributed by atoms with Gasteiger partial charge < -0.3 is 10.1 Å². The van der Waals surface area contributed by atoms with Gasteiger partial charge in [-0.1, -0.05) is 22.0 Å². The van der Waals surface area contributed by atoms with Crippen LogP contribution in [-0.4, -0.2) is 14.2 Å². The second kappa shape index (κ2) is 6.72. The Labute approximate surface area is 141 Å². The Balaban J connectivity index is 2.47. The van der Waals surface area contributed by atoms with Crippen molar-refractivity contribution in [2.75, 3.05) is 14.2 Å². The van der Waals surface area contributed by atoms with E-state index >= 15 is 0 Å². The molecule has 0 aliphatic rings. The maximum absolute atomic E-state index is 5.48.